The standard InChI is InChI=1S/C18H30N2O/c1-14(2)15-7-9-16(10-8-15)18(19-3)13-20(4)12-17-6-5-11-21-17/h7-10,14,17-19H,5-6,11-13H2,1-4H3. The van der Waals surface area contributed by atoms with Gasteiger partial charge in [0, 0.05) is 25.7 Å². The van der Waals surface area contributed by atoms with Crippen LogP contribution in [0, 0.1) is 0 Å². The second-order valence-electron chi connectivity index (χ2n) is 6.52. The molecule has 2 atom stereocenters. The van der Waals surface area contributed by atoms with E-state index in [1.807, 2.05) is 7.05 Å². The fraction of sp³-hybridized carbons (Fsp3) is 0.667. The van der Waals surface area contributed by atoms with Crippen molar-refractivity contribution in [1.29, 1.82) is 0 Å². The molecule has 1 aliphatic heterocycles. The molecule has 1 fully saturated rings. The quantitative estimate of drug-likeness (QED) is 0.834. The summed E-state index contributed by atoms with van der Waals surface area (Å²) in [4.78, 5) is 2.38. The topological polar surface area (TPSA) is 24.5 Å². The molecule has 2 rings (SSSR count). The predicted molar refractivity (Wildman–Crippen MR) is 88.8 cm³/mol. The minimum Gasteiger partial charge on any atom is -0.377 e. The van der Waals surface area contributed by atoms with Gasteiger partial charge in [-0.3, -0.25) is 0 Å². The van der Waals surface area contributed by atoms with Crippen molar-refractivity contribution in [3.63, 3.8) is 0 Å². The maximum atomic E-state index is 5.72. The molecule has 0 aromatic heterocycles. The van der Waals surface area contributed by atoms with Crippen molar-refractivity contribution in [2.45, 2.75) is 44.8 Å². The Morgan fingerprint density at radius 3 is 2.43 bits per heavy atom. The smallest absolute Gasteiger partial charge is 0.0702 e. The molecule has 0 spiro atoms. The number of ether oxygens (including phenoxy) is 1. The minimum atomic E-state index is 0.373. The molecule has 1 aliphatic rings. The highest BCUT2D eigenvalue weighted by Gasteiger charge is 2.19. The van der Waals surface area contributed by atoms with Gasteiger partial charge in [-0.15, -0.1) is 0 Å². The molecule has 3 nitrogen and oxygen atoms in total. The minimum absolute atomic E-state index is 0.373. The lowest BCUT2D eigenvalue weighted by molar-refractivity contribution is 0.0787. The molecule has 21 heavy (non-hydrogen) atoms. The van der Waals surface area contributed by atoms with E-state index in [2.05, 4.69) is 55.4 Å². The van der Waals surface area contributed by atoms with Crippen LogP contribution in [0.4, 0.5) is 0 Å². The van der Waals surface area contributed by atoms with Crippen molar-refractivity contribution in [3.05, 3.63) is 35.4 Å². The molecule has 1 heterocycles. The summed E-state index contributed by atoms with van der Waals surface area (Å²) in [7, 11) is 4.23. The van der Waals surface area contributed by atoms with Crippen LogP contribution in [-0.2, 0) is 4.74 Å². The molecule has 0 radical (unpaired) electrons. The Bertz CT molecular complexity index is 410. The van der Waals surface area contributed by atoms with E-state index in [4.69, 9.17) is 4.74 Å². The summed E-state index contributed by atoms with van der Waals surface area (Å²) in [6, 6.07) is 9.40. The third-order valence-corrected chi connectivity index (χ3v) is 4.39. The summed E-state index contributed by atoms with van der Waals surface area (Å²) in [6.07, 6.45) is 2.85. The Balaban J connectivity index is 1.91. The maximum Gasteiger partial charge on any atom is 0.0702 e. The molecular formula is C18H30N2O. The molecule has 0 bridgehead atoms. The van der Waals surface area contributed by atoms with Crippen LogP contribution in [0.25, 0.3) is 0 Å². The van der Waals surface area contributed by atoms with Gasteiger partial charge in [0.25, 0.3) is 0 Å². The van der Waals surface area contributed by atoms with Gasteiger partial charge >= 0.3 is 0 Å². The Morgan fingerprint density at radius 1 is 1.24 bits per heavy atom. The maximum absolute atomic E-state index is 5.72. The van der Waals surface area contributed by atoms with Crippen molar-refractivity contribution in [1.82, 2.24) is 10.2 Å². The third-order valence-electron chi connectivity index (χ3n) is 4.39. The highest BCUT2D eigenvalue weighted by atomic mass is 16.5. The molecule has 3 heteroatoms. The molecule has 0 amide bonds. The van der Waals surface area contributed by atoms with E-state index in [0.29, 0.717) is 18.1 Å². The summed E-state index contributed by atoms with van der Waals surface area (Å²) in [6.45, 7) is 7.45. The summed E-state index contributed by atoms with van der Waals surface area (Å²) in [5.41, 5.74) is 2.77. The van der Waals surface area contributed by atoms with Crippen molar-refractivity contribution >= 4 is 0 Å². The lowest BCUT2D eigenvalue weighted by atomic mass is 9.99. The van der Waals surface area contributed by atoms with Crippen molar-refractivity contribution in [2.75, 3.05) is 33.8 Å². The molecule has 0 aliphatic carbocycles. The Labute approximate surface area is 129 Å². The van der Waals surface area contributed by atoms with E-state index in [-0.39, 0.29) is 0 Å². The van der Waals surface area contributed by atoms with Crippen molar-refractivity contribution < 1.29 is 4.74 Å². The fourth-order valence-corrected chi connectivity index (χ4v) is 3.00. The number of nitrogens with one attached hydrogen (secondary N) is 1. The second kappa shape index (κ2) is 7.92. The number of nitrogens with zero attached hydrogens (tertiary/aromatic N) is 1. The largest absolute Gasteiger partial charge is 0.377 e. The molecule has 1 aromatic rings. The van der Waals surface area contributed by atoms with Gasteiger partial charge in [0.05, 0.1) is 6.10 Å². The highest BCUT2D eigenvalue weighted by molar-refractivity contribution is 5.27. The van der Waals surface area contributed by atoms with Crippen LogP contribution in [0.3, 0.4) is 0 Å². The van der Waals surface area contributed by atoms with Gasteiger partial charge in [0.15, 0.2) is 0 Å². The van der Waals surface area contributed by atoms with E-state index in [9.17, 15) is 0 Å². The number of hydrogen-bond donors (Lipinski definition) is 1. The zero-order valence-corrected chi connectivity index (χ0v) is 13.9. The average molecular weight is 290 g/mol. The highest BCUT2D eigenvalue weighted by Crippen LogP contribution is 2.20. The van der Waals surface area contributed by atoms with Crippen LogP contribution in [0.1, 0.15) is 49.8 Å². The lowest BCUT2D eigenvalue weighted by Crippen LogP contribution is -2.35. The van der Waals surface area contributed by atoms with Gasteiger partial charge < -0.3 is 15.0 Å². The van der Waals surface area contributed by atoms with Gasteiger partial charge in [0.2, 0.25) is 0 Å². The first-order valence-corrected chi connectivity index (χ1v) is 8.17. The second-order valence-corrected chi connectivity index (χ2v) is 6.52. The first kappa shape index (κ1) is 16.5. The van der Waals surface area contributed by atoms with E-state index >= 15 is 0 Å². The predicted octanol–water partition coefficient (Wildman–Crippen LogP) is 3.18. The summed E-state index contributed by atoms with van der Waals surface area (Å²) >= 11 is 0. The number of likely N-dealkylation sites (N-methyl/N-ethyl adjacent to an activating group) is 2. The Hall–Kier alpha value is -0.900. The van der Waals surface area contributed by atoms with Gasteiger partial charge in [-0.1, -0.05) is 38.1 Å². The first-order chi connectivity index (χ1) is 10.1. The normalized spacial score (nSPS) is 20.4. The van der Waals surface area contributed by atoms with Crippen LogP contribution in [0.5, 0.6) is 0 Å². The first-order valence-electron chi connectivity index (χ1n) is 8.17. The van der Waals surface area contributed by atoms with E-state index < -0.39 is 0 Å². The van der Waals surface area contributed by atoms with Gasteiger partial charge in [0.1, 0.15) is 0 Å². The molecule has 1 saturated heterocycles. The molecule has 2 unspecified atom stereocenters. The molecule has 118 valence electrons. The third kappa shape index (κ3) is 4.80. The SMILES string of the molecule is CNC(CN(C)CC1CCCO1)c1ccc(C(C)C)cc1. The van der Waals surface area contributed by atoms with Crippen molar-refractivity contribution in [3.8, 4) is 0 Å². The van der Waals surface area contributed by atoms with E-state index in [0.717, 1.165) is 19.7 Å². The Morgan fingerprint density at radius 2 is 1.90 bits per heavy atom. The lowest BCUT2D eigenvalue weighted by Gasteiger charge is -2.26. The van der Waals surface area contributed by atoms with Crippen LogP contribution >= 0.6 is 0 Å². The van der Waals surface area contributed by atoms with E-state index in [1.165, 1.54) is 24.0 Å². The van der Waals surface area contributed by atoms with Crippen LogP contribution < -0.4 is 5.32 Å². The molecular weight excluding hydrogens is 260 g/mol. The molecule has 1 N–H and O–H groups in total. The summed E-state index contributed by atoms with van der Waals surface area (Å²) in [5, 5.41) is 3.44. The fourth-order valence-electron chi connectivity index (χ4n) is 3.00. The van der Waals surface area contributed by atoms with Crippen molar-refractivity contribution in [2.24, 2.45) is 0 Å². The van der Waals surface area contributed by atoms with Crippen LogP contribution in [-0.4, -0.2) is 44.8 Å². The summed E-state index contributed by atoms with van der Waals surface area (Å²) in [5.74, 6) is 0.592. The van der Waals surface area contributed by atoms with Gasteiger partial charge in [-0.2, -0.15) is 0 Å². The van der Waals surface area contributed by atoms with Crippen LogP contribution in [0.2, 0.25) is 0 Å². The average Bonchev–Trinajstić information content (AvgIpc) is 2.97. The van der Waals surface area contributed by atoms with Crippen LogP contribution in [0.15, 0.2) is 24.3 Å². The van der Waals surface area contributed by atoms with Gasteiger partial charge in [-0.25, -0.2) is 0 Å². The molecule has 1 aromatic carbocycles. The number of rotatable bonds is 7. The van der Waals surface area contributed by atoms with Gasteiger partial charge in [-0.05, 0) is 44.0 Å². The zero-order chi connectivity index (χ0) is 15.2. The number of hydrogen-bond acceptors (Lipinski definition) is 3. The summed E-state index contributed by atoms with van der Waals surface area (Å²) < 4.78 is 5.72. The monoisotopic (exact) mass is 290 g/mol. The zero-order valence-electron chi connectivity index (χ0n) is 13.9. The number of benzene rings is 1. The Kier molecular flexibility index (Phi) is 6.22. The molecule has 0 saturated carbocycles. The van der Waals surface area contributed by atoms with E-state index in [1.54, 1.807) is 0 Å².